The second kappa shape index (κ2) is 6.04. The maximum atomic E-state index is 8.59. The fourth-order valence-corrected chi connectivity index (χ4v) is 2.31. The van der Waals surface area contributed by atoms with Crippen molar-refractivity contribution in [3.05, 3.63) is 35.4 Å². The summed E-state index contributed by atoms with van der Waals surface area (Å²) in [5.74, 6) is 0.132. The van der Waals surface area contributed by atoms with E-state index in [4.69, 9.17) is 15.7 Å². The first-order valence-electron chi connectivity index (χ1n) is 6.52. The van der Waals surface area contributed by atoms with Gasteiger partial charge in [-0.15, -0.1) is 0 Å². The Hall–Kier alpha value is -1.59. The molecule has 1 aliphatic rings. The molecule has 0 amide bonds. The van der Waals surface area contributed by atoms with Crippen molar-refractivity contribution >= 4 is 5.84 Å². The Labute approximate surface area is 113 Å². The Morgan fingerprint density at radius 2 is 2.11 bits per heavy atom. The summed E-state index contributed by atoms with van der Waals surface area (Å²) in [5, 5.41) is 15.0. The number of ether oxygens (including phenoxy) is 1. The molecule has 0 unspecified atom stereocenters. The number of rotatable bonds is 6. The Morgan fingerprint density at radius 1 is 1.42 bits per heavy atom. The summed E-state index contributed by atoms with van der Waals surface area (Å²) < 4.78 is 5.55. The lowest BCUT2D eigenvalue weighted by Crippen LogP contribution is -2.47. The van der Waals surface area contributed by atoms with Gasteiger partial charge in [-0.05, 0) is 24.8 Å². The van der Waals surface area contributed by atoms with E-state index in [1.807, 2.05) is 24.3 Å². The number of hydrogen-bond donors (Lipinski definition) is 3. The highest BCUT2D eigenvalue weighted by molar-refractivity contribution is 5.96. The minimum atomic E-state index is 0.0495. The third-order valence-corrected chi connectivity index (χ3v) is 3.83. The van der Waals surface area contributed by atoms with Crippen LogP contribution in [0.5, 0.6) is 0 Å². The number of oxime groups is 1. The molecule has 1 fully saturated rings. The van der Waals surface area contributed by atoms with Crippen molar-refractivity contribution in [1.29, 1.82) is 0 Å². The second-order valence-corrected chi connectivity index (χ2v) is 5.03. The maximum Gasteiger partial charge on any atom is 0.170 e. The molecule has 0 spiro atoms. The number of nitrogens with one attached hydrogen (secondary N) is 1. The van der Waals surface area contributed by atoms with E-state index in [9.17, 15) is 0 Å². The van der Waals surface area contributed by atoms with Gasteiger partial charge in [0, 0.05) is 25.8 Å². The fourth-order valence-electron chi connectivity index (χ4n) is 2.31. The Kier molecular flexibility index (Phi) is 4.39. The lowest BCUT2D eigenvalue weighted by molar-refractivity contribution is -0.0695. The molecule has 2 rings (SSSR count). The number of nitrogens with two attached hydrogens (primary N) is 1. The van der Waals surface area contributed by atoms with Crippen LogP contribution in [-0.2, 0) is 11.3 Å². The molecule has 104 valence electrons. The number of methoxy groups -OCH3 is 1. The van der Waals surface area contributed by atoms with Gasteiger partial charge in [-0.2, -0.15) is 0 Å². The molecule has 0 aromatic heterocycles. The summed E-state index contributed by atoms with van der Waals surface area (Å²) in [6, 6.07) is 7.64. The van der Waals surface area contributed by atoms with Gasteiger partial charge >= 0.3 is 0 Å². The highest BCUT2D eigenvalue weighted by Gasteiger charge is 2.36. The summed E-state index contributed by atoms with van der Waals surface area (Å²) in [6.45, 7) is 1.67. The second-order valence-electron chi connectivity index (χ2n) is 5.03. The van der Waals surface area contributed by atoms with E-state index in [1.165, 1.54) is 12.0 Å². The van der Waals surface area contributed by atoms with E-state index in [2.05, 4.69) is 10.5 Å². The largest absolute Gasteiger partial charge is 0.409 e. The van der Waals surface area contributed by atoms with Gasteiger partial charge in [0.15, 0.2) is 5.84 Å². The lowest BCUT2D eigenvalue weighted by Gasteiger charge is -2.40. The van der Waals surface area contributed by atoms with E-state index < -0.39 is 0 Å². The highest BCUT2D eigenvalue weighted by Crippen LogP contribution is 2.34. The van der Waals surface area contributed by atoms with Crippen LogP contribution < -0.4 is 11.1 Å². The minimum Gasteiger partial charge on any atom is -0.409 e. The predicted molar refractivity (Wildman–Crippen MR) is 74.3 cm³/mol. The smallest absolute Gasteiger partial charge is 0.170 e. The molecule has 0 heterocycles. The van der Waals surface area contributed by atoms with Gasteiger partial charge in [-0.1, -0.05) is 29.4 Å². The molecule has 1 aromatic rings. The molecule has 1 aromatic carbocycles. The van der Waals surface area contributed by atoms with Gasteiger partial charge in [-0.25, -0.2) is 0 Å². The van der Waals surface area contributed by atoms with E-state index in [-0.39, 0.29) is 11.4 Å². The van der Waals surface area contributed by atoms with Crippen molar-refractivity contribution in [2.45, 2.75) is 31.4 Å². The third kappa shape index (κ3) is 3.24. The molecule has 0 atom stereocenters. The zero-order valence-electron chi connectivity index (χ0n) is 11.2. The van der Waals surface area contributed by atoms with E-state index in [0.717, 1.165) is 31.5 Å². The van der Waals surface area contributed by atoms with Crippen LogP contribution in [0.1, 0.15) is 30.4 Å². The normalized spacial score (nSPS) is 18.1. The first-order valence-corrected chi connectivity index (χ1v) is 6.52. The Bertz CT molecular complexity index is 433. The lowest BCUT2D eigenvalue weighted by atomic mass is 9.80. The van der Waals surface area contributed by atoms with Gasteiger partial charge < -0.3 is 21.0 Å². The Morgan fingerprint density at radius 3 is 2.58 bits per heavy atom. The molecule has 5 heteroatoms. The molecule has 1 saturated carbocycles. The third-order valence-electron chi connectivity index (χ3n) is 3.83. The van der Waals surface area contributed by atoms with E-state index in [0.29, 0.717) is 0 Å². The molecule has 19 heavy (non-hydrogen) atoms. The Balaban J connectivity index is 1.83. The highest BCUT2D eigenvalue weighted by atomic mass is 16.5. The van der Waals surface area contributed by atoms with Gasteiger partial charge in [-0.3, -0.25) is 0 Å². The van der Waals surface area contributed by atoms with Crippen LogP contribution in [0.2, 0.25) is 0 Å². The fraction of sp³-hybridized carbons (Fsp3) is 0.500. The average Bonchev–Trinajstić information content (AvgIpc) is 2.41. The van der Waals surface area contributed by atoms with Crippen molar-refractivity contribution in [1.82, 2.24) is 5.32 Å². The zero-order chi connectivity index (χ0) is 13.7. The van der Waals surface area contributed by atoms with E-state index >= 15 is 0 Å². The summed E-state index contributed by atoms with van der Waals surface area (Å²) in [6.07, 6.45) is 3.53. The number of amidine groups is 1. The van der Waals surface area contributed by atoms with Crippen LogP contribution in [0.25, 0.3) is 0 Å². The quantitative estimate of drug-likeness (QED) is 0.314. The van der Waals surface area contributed by atoms with Crippen molar-refractivity contribution in [3.8, 4) is 0 Å². The molecule has 1 aliphatic carbocycles. The van der Waals surface area contributed by atoms with Gasteiger partial charge in [0.25, 0.3) is 0 Å². The average molecular weight is 263 g/mol. The first-order chi connectivity index (χ1) is 9.19. The molecular formula is C14H21N3O2. The van der Waals surface area contributed by atoms with Crippen molar-refractivity contribution < 1.29 is 9.94 Å². The number of benzene rings is 1. The van der Waals surface area contributed by atoms with Crippen LogP contribution in [0, 0.1) is 0 Å². The first kappa shape index (κ1) is 13.8. The molecule has 0 radical (unpaired) electrons. The predicted octanol–water partition coefficient (Wildman–Crippen LogP) is 1.44. The summed E-state index contributed by atoms with van der Waals surface area (Å²) in [7, 11) is 1.78. The monoisotopic (exact) mass is 263 g/mol. The van der Waals surface area contributed by atoms with Crippen molar-refractivity contribution in [3.63, 3.8) is 0 Å². The van der Waals surface area contributed by atoms with Gasteiger partial charge in [0.2, 0.25) is 0 Å². The SMILES string of the molecule is COC1(CNCc2ccc(/C(N)=N/O)cc2)CCC1. The van der Waals surface area contributed by atoms with Crippen LogP contribution >= 0.6 is 0 Å². The molecule has 4 N–H and O–H groups in total. The summed E-state index contributed by atoms with van der Waals surface area (Å²) >= 11 is 0. The van der Waals surface area contributed by atoms with Crippen LogP contribution in [0.3, 0.4) is 0 Å². The topological polar surface area (TPSA) is 79.9 Å². The van der Waals surface area contributed by atoms with Crippen LogP contribution in [0.4, 0.5) is 0 Å². The standard InChI is InChI=1S/C14H21N3O2/c1-19-14(7-2-8-14)10-16-9-11-3-5-12(6-4-11)13(15)17-18/h3-6,16,18H,2,7-10H2,1H3,(H2,15,17). The van der Waals surface area contributed by atoms with Crippen molar-refractivity contribution in [2.75, 3.05) is 13.7 Å². The molecule has 0 bridgehead atoms. The maximum absolute atomic E-state index is 8.59. The summed E-state index contributed by atoms with van der Waals surface area (Å²) in [4.78, 5) is 0. The molecule has 0 aliphatic heterocycles. The molecule has 5 nitrogen and oxygen atoms in total. The van der Waals surface area contributed by atoms with Crippen LogP contribution in [0.15, 0.2) is 29.4 Å². The minimum absolute atomic E-state index is 0.0495. The van der Waals surface area contributed by atoms with E-state index in [1.54, 1.807) is 7.11 Å². The molecule has 0 saturated heterocycles. The number of hydrogen-bond acceptors (Lipinski definition) is 4. The summed E-state index contributed by atoms with van der Waals surface area (Å²) in [5.41, 5.74) is 7.45. The van der Waals surface area contributed by atoms with Gasteiger partial charge in [0.1, 0.15) is 0 Å². The van der Waals surface area contributed by atoms with Crippen molar-refractivity contribution in [2.24, 2.45) is 10.9 Å². The zero-order valence-corrected chi connectivity index (χ0v) is 11.2. The number of nitrogens with zero attached hydrogens (tertiary/aromatic N) is 1. The molecular weight excluding hydrogens is 242 g/mol. The van der Waals surface area contributed by atoms with Crippen LogP contribution in [-0.4, -0.2) is 30.3 Å². The van der Waals surface area contributed by atoms with Gasteiger partial charge in [0.05, 0.1) is 5.60 Å².